The van der Waals surface area contributed by atoms with Gasteiger partial charge in [-0.2, -0.15) is 0 Å². The van der Waals surface area contributed by atoms with Crippen LogP contribution in [0.25, 0.3) is 10.9 Å². The predicted molar refractivity (Wildman–Crippen MR) is 113 cm³/mol. The minimum Gasteiger partial charge on any atom is -0.496 e. The summed E-state index contributed by atoms with van der Waals surface area (Å²) in [7, 11) is 1.53. The zero-order valence-corrected chi connectivity index (χ0v) is 16.8. The van der Waals surface area contributed by atoms with E-state index in [1.165, 1.54) is 13.2 Å². The maximum Gasteiger partial charge on any atom is 0.335 e. The van der Waals surface area contributed by atoms with Crippen LogP contribution >= 0.6 is 0 Å². The van der Waals surface area contributed by atoms with E-state index >= 15 is 0 Å². The standard InChI is InChI=1S/C22H25N3O4/c1-4-24(5-2)22(28)23-18-9-8-15-10-11-25(19(15)13-18)14-17-7-6-16(21(26)27)12-20(17)29-3/h6-13H,4-5,14H2,1-3H3,(H,23,28)(H,26,27). The topological polar surface area (TPSA) is 83.8 Å². The number of fused-ring (bicyclic) bond motifs is 1. The normalized spacial score (nSPS) is 10.7. The Bertz CT molecular complexity index is 1040. The van der Waals surface area contributed by atoms with E-state index < -0.39 is 5.97 Å². The Morgan fingerprint density at radius 2 is 1.86 bits per heavy atom. The summed E-state index contributed by atoms with van der Waals surface area (Å²) in [5.74, 6) is -0.465. The number of anilines is 1. The van der Waals surface area contributed by atoms with Crippen molar-refractivity contribution in [3.05, 3.63) is 59.8 Å². The molecule has 7 heteroatoms. The van der Waals surface area contributed by atoms with Crippen LogP contribution in [-0.2, 0) is 6.54 Å². The maximum absolute atomic E-state index is 12.3. The van der Waals surface area contributed by atoms with E-state index in [9.17, 15) is 14.7 Å². The third-order valence-corrected chi connectivity index (χ3v) is 4.95. The van der Waals surface area contributed by atoms with Crippen LogP contribution in [0.15, 0.2) is 48.7 Å². The SMILES string of the molecule is CCN(CC)C(=O)Nc1ccc2ccn(Cc3ccc(C(=O)O)cc3OC)c2c1. The van der Waals surface area contributed by atoms with Crippen molar-refractivity contribution in [3.8, 4) is 5.75 Å². The molecule has 0 aliphatic carbocycles. The van der Waals surface area contributed by atoms with Gasteiger partial charge in [0.25, 0.3) is 0 Å². The molecule has 3 rings (SSSR count). The first-order valence-electron chi connectivity index (χ1n) is 9.51. The molecule has 0 saturated carbocycles. The van der Waals surface area contributed by atoms with Gasteiger partial charge in [0.2, 0.25) is 0 Å². The number of carboxylic acid groups (broad SMARTS) is 1. The summed E-state index contributed by atoms with van der Waals surface area (Å²) in [5.41, 5.74) is 2.74. The zero-order chi connectivity index (χ0) is 21.0. The molecular formula is C22H25N3O4. The van der Waals surface area contributed by atoms with Crippen molar-refractivity contribution in [1.29, 1.82) is 0 Å². The molecule has 0 bridgehead atoms. The summed E-state index contributed by atoms with van der Waals surface area (Å²) in [6.07, 6.45) is 1.96. The fourth-order valence-corrected chi connectivity index (χ4v) is 3.30. The van der Waals surface area contributed by atoms with Crippen LogP contribution in [0.1, 0.15) is 29.8 Å². The number of carbonyl (C=O) groups excluding carboxylic acids is 1. The Hall–Kier alpha value is -3.48. The number of aromatic carboxylic acids is 1. The van der Waals surface area contributed by atoms with Crippen LogP contribution in [0.2, 0.25) is 0 Å². The number of benzene rings is 2. The molecule has 3 aromatic rings. The van der Waals surface area contributed by atoms with Gasteiger partial charge in [0.15, 0.2) is 0 Å². The summed E-state index contributed by atoms with van der Waals surface area (Å²) < 4.78 is 7.43. The number of urea groups is 1. The molecule has 0 radical (unpaired) electrons. The molecular weight excluding hydrogens is 370 g/mol. The van der Waals surface area contributed by atoms with Gasteiger partial charge in [0.1, 0.15) is 5.75 Å². The molecule has 1 heterocycles. The highest BCUT2D eigenvalue weighted by Gasteiger charge is 2.13. The van der Waals surface area contributed by atoms with Crippen molar-refractivity contribution >= 4 is 28.6 Å². The number of nitrogens with zero attached hydrogens (tertiary/aromatic N) is 2. The Morgan fingerprint density at radius 3 is 2.52 bits per heavy atom. The molecule has 0 aliphatic rings. The molecule has 2 N–H and O–H groups in total. The van der Waals surface area contributed by atoms with Crippen LogP contribution in [-0.4, -0.2) is 46.8 Å². The molecule has 7 nitrogen and oxygen atoms in total. The van der Waals surface area contributed by atoms with Gasteiger partial charge in [-0.05, 0) is 49.6 Å². The molecule has 0 aliphatic heterocycles. The Kier molecular flexibility index (Phi) is 6.07. The number of nitrogens with one attached hydrogen (secondary N) is 1. The van der Waals surface area contributed by atoms with Crippen molar-refractivity contribution in [3.63, 3.8) is 0 Å². The average molecular weight is 395 g/mol. The predicted octanol–water partition coefficient (Wildman–Crippen LogP) is 4.27. The summed E-state index contributed by atoms with van der Waals surface area (Å²) in [6.45, 7) is 5.70. The largest absolute Gasteiger partial charge is 0.496 e. The molecule has 2 amide bonds. The number of methoxy groups -OCH3 is 1. The zero-order valence-electron chi connectivity index (χ0n) is 16.8. The number of aromatic nitrogens is 1. The molecule has 0 unspecified atom stereocenters. The number of rotatable bonds is 7. The monoisotopic (exact) mass is 395 g/mol. The van der Waals surface area contributed by atoms with Crippen LogP contribution in [0.5, 0.6) is 5.75 Å². The highest BCUT2D eigenvalue weighted by molar-refractivity contribution is 5.93. The van der Waals surface area contributed by atoms with Gasteiger partial charge < -0.3 is 24.6 Å². The molecule has 0 saturated heterocycles. The first kappa shape index (κ1) is 20.3. The second-order valence-electron chi connectivity index (χ2n) is 6.65. The fraction of sp³-hybridized carbons (Fsp3) is 0.273. The van der Waals surface area contributed by atoms with Gasteiger partial charge in [0, 0.05) is 30.5 Å². The van der Waals surface area contributed by atoms with Crippen LogP contribution in [0.4, 0.5) is 10.5 Å². The van der Waals surface area contributed by atoms with Crippen LogP contribution < -0.4 is 10.1 Å². The van der Waals surface area contributed by atoms with E-state index in [0.29, 0.717) is 25.4 Å². The summed E-state index contributed by atoms with van der Waals surface area (Å²) >= 11 is 0. The quantitative estimate of drug-likeness (QED) is 0.626. The van der Waals surface area contributed by atoms with Crippen molar-refractivity contribution in [2.24, 2.45) is 0 Å². The second kappa shape index (κ2) is 8.68. The van der Waals surface area contributed by atoms with E-state index in [2.05, 4.69) is 5.32 Å². The maximum atomic E-state index is 12.3. The van der Waals surface area contributed by atoms with Gasteiger partial charge in [-0.3, -0.25) is 0 Å². The number of ether oxygens (including phenoxy) is 1. The first-order chi connectivity index (χ1) is 14.0. The van der Waals surface area contributed by atoms with Gasteiger partial charge >= 0.3 is 12.0 Å². The van der Waals surface area contributed by atoms with Crippen LogP contribution in [0, 0.1) is 0 Å². The van der Waals surface area contributed by atoms with Crippen molar-refractivity contribution in [1.82, 2.24) is 9.47 Å². The molecule has 2 aromatic carbocycles. The van der Waals surface area contributed by atoms with Crippen LogP contribution in [0.3, 0.4) is 0 Å². The second-order valence-corrected chi connectivity index (χ2v) is 6.65. The van der Waals surface area contributed by atoms with Gasteiger partial charge in [-0.1, -0.05) is 12.1 Å². The van der Waals surface area contributed by atoms with Crippen molar-refractivity contribution < 1.29 is 19.4 Å². The lowest BCUT2D eigenvalue weighted by Gasteiger charge is -2.19. The first-order valence-corrected chi connectivity index (χ1v) is 9.51. The van der Waals surface area contributed by atoms with E-state index in [4.69, 9.17) is 4.74 Å². The molecule has 152 valence electrons. The Labute approximate surface area is 169 Å². The Balaban J connectivity index is 1.89. The third kappa shape index (κ3) is 4.34. The lowest BCUT2D eigenvalue weighted by Crippen LogP contribution is -2.34. The third-order valence-electron chi connectivity index (χ3n) is 4.95. The van der Waals surface area contributed by atoms with Gasteiger partial charge in [-0.15, -0.1) is 0 Å². The number of hydrogen-bond acceptors (Lipinski definition) is 3. The highest BCUT2D eigenvalue weighted by atomic mass is 16.5. The number of hydrogen-bond donors (Lipinski definition) is 2. The Morgan fingerprint density at radius 1 is 1.10 bits per heavy atom. The minimum atomic E-state index is -0.991. The molecule has 29 heavy (non-hydrogen) atoms. The fourth-order valence-electron chi connectivity index (χ4n) is 3.30. The highest BCUT2D eigenvalue weighted by Crippen LogP contribution is 2.26. The number of carboxylic acids is 1. The van der Waals surface area contributed by atoms with E-state index in [1.54, 1.807) is 17.0 Å². The van der Waals surface area contributed by atoms with Crippen molar-refractivity contribution in [2.75, 3.05) is 25.5 Å². The molecule has 1 aromatic heterocycles. The lowest BCUT2D eigenvalue weighted by molar-refractivity contribution is 0.0696. The number of carbonyl (C=O) groups is 2. The number of amides is 2. The molecule has 0 fully saturated rings. The summed E-state index contributed by atoms with van der Waals surface area (Å²) in [6, 6.07) is 12.5. The summed E-state index contributed by atoms with van der Waals surface area (Å²) in [4.78, 5) is 25.2. The van der Waals surface area contributed by atoms with Gasteiger partial charge in [0.05, 0.1) is 24.7 Å². The minimum absolute atomic E-state index is 0.126. The lowest BCUT2D eigenvalue weighted by atomic mass is 10.1. The smallest absolute Gasteiger partial charge is 0.335 e. The van der Waals surface area contributed by atoms with E-state index in [-0.39, 0.29) is 11.6 Å². The van der Waals surface area contributed by atoms with Gasteiger partial charge in [-0.25, -0.2) is 9.59 Å². The van der Waals surface area contributed by atoms with E-state index in [1.807, 2.05) is 48.9 Å². The summed E-state index contributed by atoms with van der Waals surface area (Å²) in [5, 5.41) is 13.2. The van der Waals surface area contributed by atoms with E-state index in [0.717, 1.165) is 22.2 Å². The molecule has 0 atom stereocenters. The molecule has 0 spiro atoms. The average Bonchev–Trinajstić information content (AvgIpc) is 3.11. The van der Waals surface area contributed by atoms with Crippen molar-refractivity contribution in [2.45, 2.75) is 20.4 Å².